The lowest BCUT2D eigenvalue weighted by Crippen LogP contribution is -2.47. The van der Waals surface area contributed by atoms with Crippen molar-refractivity contribution in [1.82, 2.24) is 4.90 Å². The lowest BCUT2D eigenvalue weighted by Gasteiger charge is -2.42. The topological polar surface area (TPSA) is 90.5 Å². The summed E-state index contributed by atoms with van der Waals surface area (Å²) < 4.78 is 0. The van der Waals surface area contributed by atoms with Crippen molar-refractivity contribution >= 4 is 40.6 Å². The smallest absolute Gasteiger partial charge is 0.269 e. The maximum atomic E-state index is 12.9. The average Bonchev–Trinajstić information content (AvgIpc) is 2.74. The fraction of sp³-hybridized carbons (Fsp3) is 0.200. The van der Waals surface area contributed by atoms with E-state index in [1.54, 1.807) is 29.2 Å². The summed E-state index contributed by atoms with van der Waals surface area (Å²) in [7, 11) is 0. The van der Waals surface area contributed by atoms with Gasteiger partial charge in [0.2, 0.25) is 5.91 Å². The van der Waals surface area contributed by atoms with Crippen LogP contribution in [0.5, 0.6) is 0 Å². The van der Waals surface area contributed by atoms with Crippen LogP contribution in [0.1, 0.15) is 17.9 Å². The van der Waals surface area contributed by atoms with Crippen LogP contribution in [0, 0.1) is 21.4 Å². The number of rotatable bonds is 3. The number of carbonyl (C=O) groups excluding carboxylic acids is 1. The molecule has 0 aromatic heterocycles. The molecule has 2 heterocycles. The average molecular weight is 427 g/mol. The number of carbonyl (C=O) groups is 1. The Hall–Kier alpha value is -3.02. The maximum Gasteiger partial charge on any atom is 0.269 e. The summed E-state index contributed by atoms with van der Waals surface area (Å²) >= 11 is 7.37. The van der Waals surface area contributed by atoms with Crippen molar-refractivity contribution in [3.05, 3.63) is 79.8 Å². The number of allylic oxidation sites excluding steroid dienone is 1. The number of nitro groups is 1. The number of non-ortho nitro benzene ring substituents is 1. The molecule has 2 aliphatic rings. The van der Waals surface area contributed by atoms with Crippen LogP contribution >= 0.6 is 23.4 Å². The van der Waals surface area contributed by atoms with Gasteiger partial charge in [-0.3, -0.25) is 19.8 Å². The highest BCUT2D eigenvalue weighted by Gasteiger charge is 2.38. The molecule has 0 unspecified atom stereocenters. The van der Waals surface area contributed by atoms with Crippen LogP contribution in [0.25, 0.3) is 0 Å². The lowest BCUT2D eigenvalue weighted by atomic mass is 9.86. The second-order valence-electron chi connectivity index (χ2n) is 6.69. The highest BCUT2D eigenvalue weighted by molar-refractivity contribution is 8.03. The second-order valence-corrected chi connectivity index (χ2v) is 8.06. The highest BCUT2D eigenvalue weighted by Crippen LogP contribution is 2.43. The molecule has 1 saturated heterocycles. The first-order valence-corrected chi connectivity index (χ1v) is 10.2. The van der Waals surface area contributed by atoms with Gasteiger partial charge in [0.05, 0.1) is 34.1 Å². The molecule has 0 radical (unpaired) electrons. The van der Waals surface area contributed by atoms with Crippen molar-refractivity contribution < 1.29 is 9.72 Å². The van der Waals surface area contributed by atoms with Crippen molar-refractivity contribution in [3.8, 4) is 6.07 Å². The Balaban J connectivity index is 1.67. The number of fused-ring (bicyclic) bond motifs is 1. The zero-order valence-corrected chi connectivity index (χ0v) is 16.7. The molecule has 0 N–H and O–H groups in total. The van der Waals surface area contributed by atoms with Crippen LogP contribution in [0.15, 0.2) is 59.1 Å². The van der Waals surface area contributed by atoms with Gasteiger partial charge in [-0.15, -0.1) is 0 Å². The Morgan fingerprint density at radius 1 is 1.24 bits per heavy atom. The predicted octanol–water partition coefficient (Wildman–Crippen LogP) is 4.47. The Bertz CT molecular complexity index is 1060. The first-order valence-electron chi connectivity index (χ1n) is 8.80. The van der Waals surface area contributed by atoms with Gasteiger partial charge in [-0.1, -0.05) is 35.5 Å². The fourth-order valence-electron chi connectivity index (χ4n) is 3.52. The molecule has 4 rings (SSSR count). The van der Waals surface area contributed by atoms with Crippen molar-refractivity contribution in [1.29, 1.82) is 5.26 Å². The van der Waals surface area contributed by atoms with Crippen LogP contribution in [-0.4, -0.2) is 28.3 Å². The fourth-order valence-corrected chi connectivity index (χ4v) is 4.81. The van der Waals surface area contributed by atoms with Gasteiger partial charge in [-0.2, -0.15) is 5.26 Å². The van der Waals surface area contributed by atoms with Crippen molar-refractivity contribution in [2.75, 3.05) is 17.4 Å². The summed E-state index contributed by atoms with van der Waals surface area (Å²) in [5, 5.41) is 22.2. The molecule has 0 aliphatic carbocycles. The number of hydrogen-bond donors (Lipinski definition) is 0. The molecule has 2 aromatic carbocycles. The number of halogens is 1. The number of thioether (sulfide) groups is 1. The molecular formula is C20H15ClN4O3S. The molecule has 2 aromatic rings. The lowest BCUT2D eigenvalue weighted by molar-refractivity contribution is -0.384. The molecule has 1 fully saturated rings. The van der Waals surface area contributed by atoms with Crippen molar-refractivity contribution in [3.63, 3.8) is 0 Å². The van der Waals surface area contributed by atoms with Gasteiger partial charge in [0.1, 0.15) is 0 Å². The summed E-state index contributed by atoms with van der Waals surface area (Å²) in [5.74, 6) is -0.0111. The molecule has 9 heteroatoms. The highest BCUT2D eigenvalue weighted by atomic mass is 35.5. The quantitative estimate of drug-likeness (QED) is 0.531. The minimum Gasteiger partial charge on any atom is -0.344 e. The number of nitro benzene ring substituents is 1. The first kappa shape index (κ1) is 19.3. The van der Waals surface area contributed by atoms with Gasteiger partial charge in [-0.25, -0.2) is 0 Å². The van der Waals surface area contributed by atoms with Crippen molar-refractivity contribution in [2.24, 2.45) is 0 Å². The van der Waals surface area contributed by atoms with E-state index in [4.69, 9.17) is 11.6 Å². The van der Waals surface area contributed by atoms with E-state index in [1.165, 1.54) is 23.9 Å². The minimum absolute atomic E-state index is 0.0510. The second kappa shape index (κ2) is 7.78. The standard InChI is InChI=1S/C20H15ClN4O3S/c21-14-4-6-15(7-5-14)23-11-24-19(26)9-17(18(10-22)20(24)29-12-23)13-2-1-3-16(8-13)25(27)28/h1-8,17H,9,11-12H2/t17-/m0/s1. The summed E-state index contributed by atoms with van der Waals surface area (Å²) in [6.45, 7) is 0.343. The summed E-state index contributed by atoms with van der Waals surface area (Å²) in [6.07, 6.45) is 0.0998. The van der Waals surface area contributed by atoms with E-state index in [0.29, 0.717) is 33.7 Å². The molecule has 1 atom stereocenters. The van der Waals surface area contributed by atoms with E-state index in [-0.39, 0.29) is 18.0 Å². The third-order valence-corrected chi connectivity index (χ3v) is 6.38. The Labute approximate surface area is 176 Å². The summed E-state index contributed by atoms with van der Waals surface area (Å²) in [4.78, 5) is 27.2. The number of benzene rings is 2. The Morgan fingerprint density at radius 2 is 2.00 bits per heavy atom. The molecule has 29 heavy (non-hydrogen) atoms. The third kappa shape index (κ3) is 3.67. The summed E-state index contributed by atoms with van der Waals surface area (Å²) in [6, 6.07) is 15.8. The zero-order valence-electron chi connectivity index (χ0n) is 15.1. The Morgan fingerprint density at radius 3 is 2.69 bits per heavy atom. The maximum absolute atomic E-state index is 12.9. The van der Waals surface area contributed by atoms with Gasteiger partial charge >= 0.3 is 0 Å². The monoisotopic (exact) mass is 426 g/mol. The zero-order chi connectivity index (χ0) is 20.5. The van der Waals surface area contributed by atoms with Crippen LogP contribution in [0.4, 0.5) is 11.4 Å². The molecular weight excluding hydrogens is 412 g/mol. The van der Waals surface area contributed by atoms with Gasteiger partial charge in [-0.05, 0) is 29.8 Å². The molecule has 7 nitrogen and oxygen atoms in total. The van der Waals surface area contributed by atoms with Crippen LogP contribution < -0.4 is 4.90 Å². The molecule has 1 amide bonds. The van der Waals surface area contributed by atoms with E-state index in [9.17, 15) is 20.2 Å². The molecule has 0 bridgehead atoms. The molecule has 2 aliphatic heterocycles. The van der Waals surface area contributed by atoms with Gasteiger partial charge in [0.25, 0.3) is 5.69 Å². The first-order chi connectivity index (χ1) is 14.0. The van der Waals surface area contributed by atoms with Crippen LogP contribution in [-0.2, 0) is 4.79 Å². The largest absolute Gasteiger partial charge is 0.344 e. The SMILES string of the molecule is N#CC1=C2SCN(c3ccc(Cl)cc3)CN2C(=O)C[C@H]1c1cccc([N+](=O)[O-])c1. The van der Waals surface area contributed by atoms with Crippen LogP contribution in [0.3, 0.4) is 0 Å². The van der Waals surface area contributed by atoms with Crippen molar-refractivity contribution in [2.45, 2.75) is 12.3 Å². The number of nitrogens with zero attached hydrogens (tertiary/aromatic N) is 4. The van der Waals surface area contributed by atoms with Gasteiger partial charge < -0.3 is 4.90 Å². The van der Waals surface area contributed by atoms with Gasteiger partial charge in [0, 0.05) is 35.2 Å². The number of amides is 1. The number of anilines is 1. The van der Waals surface area contributed by atoms with E-state index in [1.807, 2.05) is 17.0 Å². The van der Waals surface area contributed by atoms with E-state index < -0.39 is 10.8 Å². The van der Waals surface area contributed by atoms with E-state index >= 15 is 0 Å². The third-order valence-electron chi connectivity index (χ3n) is 4.97. The predicted molar refractivity (Wildman–Crippen MR) is 111 cm³/mol. The normalized spacial score (nSPS) is 19.0. The molecule has 146 valence electrons. The molecule has 0 spiro atoms. The van der Waals surface area contributed by atoms with Gasteiger partial charge in [0.15, 0.2) is 0 Å². The summed E-state index contributed by atoms with van der Waals surface area (Å²) in [5.41, 5.74) is 1.97. The number of hydrogen-bond acceptors (Lipinski definition) is 6. The van der Waals surface area contributed by atoms with Crippen LogP contribution in [0.2, 0.25) is 5.02 Å². The van der Waals surface area contributed by atoms with E-state index in [2.05, 4.69) is 6.07 Å². The van der Waals surface area contributed by atoms with E-state index in [0.717, 1.165) is 5.69 Å². The Kier molecular flexibility index (Phi) is 5.18. The minimum atomic E-state index is -0.478. The molecule has 0 saturated carbocycles. The number of nitriles is 1.